The lowest BCUT2D eigenvalue weighted by Crippen LogP contribution is -2.15. The van der Waals surface area contributed by atoms with Gasteiger partial charge in [-0.05, 0) is 37.6 Å². The summed E-state index contributed by atoms with van der Waals surface area (Å²) in [6, 6.07) is 12.4. The minimum Gasteiger partial charge on any atom is -0.398 e. The van der Waals surface area contributed by atoms with Gasteiger partial charge in [0.05, 0.1) is 6.10 Å². The summed E-state index contributed by atoms with van der Waals surface area (Å²) in [5.41, 5.74) is 8.97. The molecule has 1 unspecified atom stereocenters. The van der Waals surface area contributed by atoms with E-state index in [1.165, 1.54) is 0 Å². The first-order chi connectivity index (χ1) is 9.50. The van der Waals surface area contributed by atoms with Gasteiger partial charge in [-0.15, -0.1) is 0 Å². The summed E-state index contributed by atoms with van der Waals surface area (Å²) in [5, 5.41) is 12.5. The summed E-state index contributed by atoms with van der Waals surface area (Å²) in [4.78, 5) is 12.3. The van der Waals surface area contributed by atoms with Gasteiger partial charge in [-0.2, -0.15) is 0 Å². The van der Waals surface area contributed by atoms with Crippen LogP contribution in [-0.4, -0.2) is 11.0 Å². The second kappa shape index (κ2) is 5.75. The van der Waals surface area contributed by atoms with E-state index in [4.69, 9.17) is 5.73 Å². The van der Waals surface area contributed by atoms with Gasteiger partial charge in [-0.25, -0.2) is 0 Å². The number of amides is 1. The molecular weight excluding hydrogens is 252 g/mol. The van der Waals surface area contributed by atoms with E-state index in [-0.39, 0.29) is 5.91 Å². The number of hydrogen-bond acceptors (Lipinski definition) is 3. The Morgan fingerprint density at radius 3 is 2.60 bits per heavy atom. The summed E-state index contributed by atoms with van der Waals surface area (Å²) >= 11 is 0. The molecule has 0 saturated heterocycles. The Labute approximate surface area is 118 Å². The average Bonchev–Trinajstić information content (AvgIpc) is 2.42. The summed E-state index contributed by atoms with van der Waals surface area (Å²) in [6.07, 6.45) is -0.645. The minimum absolute atomic E-state index is 0.233. The van der Waals surface area contributed by atoms with Crippen LogP contribution in [0.15, 0.2) is 42.5 Å². The zero-order valence-electron chi connectivity index (χ0n) is 11.6. The molecule has 0 aromatic heterocycles. The predicted molar refractivity (Wildman–Crippen MR) is 80.6 cm³/mol. The average molecular weight is 270 g/mol. The molecule has 1 amide bonds. The molecule has 0 aliphatic rings. The number of aliphatic hydroxyl groups is 1. The highest BCUT2D eigenvalue weighted by atomic mass is 16.3. The number of aliphatic hydroxyl groups excluding tert-OH is 1. The lowest BCUT2D eigenvalue weighted by atomic mass is 10.0. The van der Waals surface area contributed by atoms with Gasteiger partial charge in [0.1, 0.15) is 0 Å². The number of carbonyl (C=O) groups excluding carboxylic acids is 1. The van der Waals surface area contributed by atoms with E-state index >= 15 is 0 Å². The van der Waals surface area contributed by atoms with Gasteiger partial charge in [0.2, 0.25) is 0 Å². The van der Waals surface area contributed by atoms with Gasteiger partial charge in [-0.3, -0.25) is 4.79 Å². The number of para-hydroxylation sites is 1. The summed E-state index contributed by atoms with van der Waals surface area (Å²) in [5.74, 6) is -0.233. The number of rotatable bonds is 3. The van der Waals surface area contributed by atoms with Gasteiger partial charge in [0.25, 0.3) is 5.91 Å². The Kier molecular flexibility index (Phi) is 4.05. The molecule has 0 radical (unpaired) electrons. The maximum Gasteiger partial charge on any atom is 0.256 e. The number of nitrogens with one attached hydrogen (secondary N) is 1. The quantitative estimate of drug-likeness (QED) is 0.751. The van der Waals surface area contributed by atoms with Crippen molar-refractivity contribution in [2.75, 3.05) is 11.1 Å². The molecule has 20 heavy (non-hydrogen) atoms. The Bertz CT molecular complexity index is 636. The first kappa shape index (κ1) is 14.1. The zero-order chi connectivity index (χ0) is 14.7. The van der Waals surface area contributed by atoms with Crippen molar-refractivity contribution in [3.63, 3.8) is 0 Å². The Morgan fingerprint density at radius 1 is 1.20 bits per heavy atom. The molecule has 0 aliphatic heterocycles. The molecule has 2 aromatic rings. The fourth-order valence-corrected chi connectivity index (χ4v) is 2.06. The van der Waals surface area contributed by atoms with Crippen molar-refractivity contribution >= 4 is 17.3 Å². The van der Waals surface area contributed by atoms with Gasteiger partial charge < -0.3 is 16.2 Å². The zero-order valence-corrected chi connectivity index (χ0v) is 11.6. The standard InChI is InChI=1S/C16H18N2O2/c1-10-12(7-5-8-14(10)17)16(20)18-15-9-4-3-6-13(15)11(2)19/h3-9,11,19H,17H2,1-2H3,(H,18,20). The number of benzene rings is 2. The van der Waals surface area contributed by atoms with Gasteiger partial charge in [-0.1, -0.05) is 24.3 Å². The Hall–Kier alpha value is -2.33. The first-order valence-electron chi connectivity index (χ1n) is 6.44. The smallest absolute Gasteiger partial charge is 0.256 e. The highest BCUT2D eigenvalue weighted by molar-refractivity contribution is 6.06. The van der Waals surface area contributed by atoms with Crippen molar-refractivity contribution in [1.82, 2.24) is 0 Å². The van der Waals surface area contributed by atoms with E-state index in [9.17, 15) is 9.90 Å². The van der Waals surface area contributed by atoms with Crippen molar-refractivity contribution < 1.29 is 9.90 Å². The molecule has 0 heterocycles. The van der Waals surface area contributed by atoms with E-state index in [1.807, 2.05) is 19.1 Å². The number of nitrogens with two attached hydrogens (primary N) is 1. The fourth-order valence-electron chi connectivity index (χ4n) is 2.06. The van der Waals surface area contributed by atoms with Crippen LogP contribution in [0.25, 0.3) is 0 Å². The molecule has 4 heteroatoms. The summed E-state index contributed by atoms with van der Waals surface area (Å²) in [7, 11) is 0. The van der Waals surface area contributed by atoms with Crippen LogP contribution in [0.1, 0.15) is 34.5 Å². The van der Waals surface area contributed by atoms with Crippen molar-refractivity contribution in [2.45, 2.75) is 20.0 Å². The third-order valence-electron chi connectivity index (χ3n) is 3.28. The Morgan fingerprint density at radius 2 is 1.90 bits per heavy atom. The second-order valence-electron chi connectivity index (χ2n) is 4.74. The van der Waals surface area contributed by atoms with Gasteiger partial charge in [0.15, 0.2) is 0 Å². The van der Waals surface area contributed by atoms with Crippen LogP contribution < -0.4 is 11.1 Å². The number of hydrogen-bond donors (Lipinski definition) is 3. The van der Waals surface area contributed by atoms with Gasteiger partial charge in [0, 0.05) is 22.5 Å². The van der Waals surface area contributed by atoms with Crippen molar-refractivity contribution in [3.05, 3.63) is 59.2 Å². The maximum absolute atomic E-state index is 12.3. The first-order valence-corrected chi connectivity index (χ1v) is 6.44. The number of nitrogen functional groups attached to an aromatic ring is 1. The third kappa shape index (κ3) is 2.81. The molecule has 0 saturated carbocycles. The normalized spacial score (nSPS) is 11.9. The Balaban J connectivity index is 2.31. The minimum atomic E-state index is -0.645. The monoisotopic (exact) mass is 270 g/mol. The summed E-state index contributed by atoms with van der Waals surface area (Å²) < 4.78 is 0. The second-order valence-corrected chi connectivity index (χ2v) is 4.74. The van der Waals surface area contributed by atoms with Crippen LogP contribution in [0.5, 0.6) is 0 Å². The maximum atomic E-state index is 12.3. The molecule has 0 bridgehead atoms. The lowest BCUT2D eigenvalue weighted by Gasteiger charge is -2.14. The van der Waals surface area contributed by atoms with Crippen molar-refractivity contribution in [2.24, 2.45) is 0 Å². The molecule has 1 atom stereocenters. The van der Waals surface area contributed by atoms with Crippen LogP contribution in [0.3, 0.4) is 0 Å². The highest BCUT2D eigenvalue weighted by Gasteiger charge is 2.14. The topological polar surface area (TPSA) is 75.4 Å². The van der Waals surface area contributed by atoms with Crippen molar-refractivity contribution in [1.29, 1.82) is 0 Å². The molecular formula is C16H18N2O2. The highest BCUT2D eigenvalue weighted by Crippen LogP contribution is 2.24. The summed E-state index contributed by atoms with van der Waals surface area (Å²) in [6.45, 7) is 3.47. The fraction of sp³-hybridized carbons (Fsp3) is 0.188. The van der Waals surface area contributed by atoms with Gasteiger partial charge >= 0.3 is 0 Å². The van der Waals surface area contributed by atoms with Crippen LogP contribution in [0.4, 0.5) is 11.4 Å². The molecule has 104 valence electrons. The molecule has 2 aromatic carbocycles. The van der Waals surface area contributed by atoms with Crippen molar-refractivity contribution in [3.8, 4) is 0 Å². The van der Waals surface area contributed by atoms with Crippen LogP contribution in [0.2, 0.25) is 0 Å². The molecule has 0 aliphatic carbocycles. The van der Waals surface area contributed by atoms with E-state index in [2.05, 4.69) is 5.32 Å². The molecule has 4 nitrogen and oxygen atoms in total. The van der Waals surface area contributed by atoms with Crippen LogP contribution in [-0.2, 0) is 0 Å². The van der Waals surface area contributed by atoms with Crippen LogP contribution >= 0.6 is 0 Å². The van der Waals surface area contributed by atoms with E-state index in [1.54, 1.807) is 37.3 Å². The van der Waals surface area contributed by atoms with E-state index < -0.39 is 6.10 Å². The van der Waals surface area contributed by atoms with E-state index in [0.717, 1.165) is 5.56 Å². The molecule has 2 rings (SSSR count). The largest absolute Gasteiger partial charge is 0.398 e. The number of anilines is 2. The lowest BCUT2D eigenvalue weighted by molar-refractivity contribution is 0.102. The third-order valence-corrected chi connectivity index (χ3v) is 3.28. The number of carbonyl (C=O) groups is 1. The molecule has 0 spiro atoms. The predicted octanol–water partition coefficient (Wildman–Crippen LogP) is 2.88. The van der Waals surface area contributed by atoms with Crippen LogP contribution in [0, 0.1) is 6.92 Å². The molecule has 0 fully saturated rings. The van der Waals surface area contributed by atoms with E-state index in [0.29, 0.717) is 22.5 Å². The molecule has 4 N–H and O–H groups in total. The SMILES string of the molecule is Cc1c(N)cccc1C(=O)Nc1ccccc1C(C)O.